The fourth-order valence-electron chi connectivity index (χ4n) is 2.24. The van der Waals surface area contributed by atoms with Gasteiger partial charge in [0.1, 0.15) is 0 Å². The Balaban J connectivity index is 2.50. The molecule has 1 heterocycles. The molecule has 0 aliphatic rings. The Morgan fingerprint density at radius 3 is 2.65 bits per heavy atom. The quantitative estimate of drug-likeness (QED) is 0.851. The number of ether oxygens (including phenoxy) is 1. The number of hydrogen-bond acceptors (Lipinski definition) is 5. The first-order valence-corrected chi connectivity index (χ1v) is 8.07. The Labute approximate surface area is 138 Å². The van der Waals surface area contributed by atoms with Crippen molar-refractivity contribution < 1.29 is 19.4 Å². The maximum atomic E-state index is 11.8. The second-order valence-electron chi connectivity index (χ2n) is 5.81. The van der Waals surface area contributed by atoms with Crippen molar-refractivity contribution in [2.45, 2.75) is 27.3 Å². The average molecular weight is 336 g/mol. The number of methoxy groups -OCH3 is 1. The lowest BCUT2D eigenvalue weighted by Gasteiger charge is -2.18. The molecule has 23 heavy (non-hydrogen) atoms. The first kappa shape index (κ1) is 17.2. The molecule has 124 valence electrons. The van der Waals surface area contributed by atoms with E-state index in [1.807, 2.05) is 11.5 Å². The van der Waals surface area contributed by atoms with Crippen LogP contribution in [0.1, 0.15) is 31.1 Å². The third-order valence-corrected chi connectivity index (χ3v) is 4.67. The lowest BCUT2D eigenvalue weighted by atomic mass is 9.94. The summed E-state index contributed by atoms with van der Waals surface area (Å²) in [7, 11) is 1.36. The van der Waals surface area contributed by atoms with E-state index >= 15 is 0 Å². The van der Waals surface area contributed by atoms with Crippen LogP contribution in [0.25, 0.3) is 10.2 Å². The van der Waals surface area contributed by atoms with Gasteiger partial charge in [-0.3, -0.25) is 9.79 Å². The van der Waals surface area contributed by atoms with Crippen LogP contribution in [0.2, 0.25) is 0 Å². The highest BCUT2D eigenvalue weighted by Crippen LogP contribution is 2.21. The lowest BCUT2D eigenvalue weighted by molar-refractivity contribution is -0.150. The van der Waals surface area contributed by atoms with E-state index in [2.05, 4.69) is 4.99 Å². The Bertz CT molecular complexity index is 817. The minimum absolute atomic E-state index is 0.253. The third-order valence-electron chi connectivity index (χ3n) is 3.59. The van der Waals surface area contributed by atoms with Crippen molar-refractivity contribution in [2.75, 3.05) is 13.7 Å². The van der Waals surface area contributed by atoms with Gasteiger partial charge in [-0.15, -0.1) is 0 Å². The number of thiazole rings is 1. The second-order valence-corrected chi connectivity index (χ2v) is 6.82. The molecule has 0 radical (unpaired) electrons. The van der Waals surface area contributed by atoms with Crippen LogP contribution in [0.15, 0.2) is 23.2 Å². The van der Waals surface area contributed by atoms with Gasteiger partial charge in [0.2, 0.25) is 0 Å². The highest BCUT2D eigenvalue weighted by Gasteiger charge is 2.28. The Kier molecular flexibility index (Phi) is 4.89. The van der Waals surface area contributed by atoms with Crippen LogP contribution in [-0.4, -0.2) is 35.3 Å². The molecule has 0 aliphatic heterocycles. The van der Waals surface area contributed by atoms with Gasteiger partial charge in [-0.2, -0.15) is 0 Å². The highest BCUT2D eigenvalue weighted by molar-refractivity contribution is 7.16. The van der Waals surface area contributed by atoms with E-state index < -0.39 is 11.4 Å². The highest BCUT2D eigenvalue weighted by atomic mass is 32.1. The normalized spacial score (nSPS) is 12.6. The van der Waals surface area contributed by atoms with Crippen LogP contribution >= 0.6 is 11.3 Å². The number of nitrogens with zero attached hydrogens (tertiary/aromatic N) is 2. The van der Waals surface area contributed by atoms with Crippen molar-refractivity contribution in [2.24, 2.45) is 10.4 Å². The smallest absolute Gasteiger partial charge is 0.335 e. The summed E-state index contributed by atoms with van der Waals surface area (Å²) in [6.07, 6.45) is 0. The second kappa shape index (κ2) is 6.54. The first-order valence-electron chi connectivity index (χ1n) is 7.25. The minimum atomic E-state index is -0.950. The van der Waals surface area contributed by atoms with E-state index in [0.29, 0.717) is 13.1 Å². The molecule has 2 aromatic rings. The molecule has 2 rings (SSSR count). The molecule has 6 nitrogen and oxygen atoms in total. The van der Waals surface area contributed by atoms with E-state index in [4.69, 9.17) is 9.84 Å². The maximum Gasteiger partial charge on any atom is 0.335 e. The molecule has 1 aromatic heterocycles. The molecule has 0 aliphatic carbocycles. The first-order chi connectivity index (χ1) is 10.8. The summed E-state index contributed by atoms with van der Waals surface area (Å²) in [6, 6.07) is 5.04. The number of hydrogen-bond donors (Lipinski definition) is 1. The fraction of sp³-hybridized carbons (Fsp3) is 0.438. The van der Waals surface area contributed by atoms with Crippen LogP contribution in [-0.2, 0) is 16.1 Å². The van der Waals surface area contributed by atoms with Crippen LogP contribution in [0.5, 0.6) is 0 Å². The van der Waals surface area contributed by atoms with Gasteiger partial charge in [0.05, 0.1) is 34.8 Å². The summed E-state index contributed by atoms with van der Waals surface area (Å²) in [6.45, 7) is 6.59. The number of esters is 1. The molecular weight excluding hydrogens is 316 g/mol. The van der Waals surface area contributed by atoms with Gasteiger partial charge < -0.3 is 14.4 Å². The van der Waals surface area contributed by atoms with Crippen molar-refractivity contribution in [1.82, 2.24) is 4.57 Å². The van der Waals surface area contributed by atoms with Crippen LogP contribution in [0.4, 0.5) is 0 Å². The molecule has 7 heteroatoms. The number of aromatic nitrogens is 1. The number of carboxylic acid groups (broad SMARTS) is 1. The molecule has 1 aromatic carbocycles. The number of benzene rings is 1. The minimum Gasteiger partial charge on any atom is -0.478 e. The van der Waals surface area contributed by atoms with Crippen LogP contribution in [0, 0.1) is 5.41 Å². The van der Waals surface area contributed by atoms with Crippen molar-refractivity contribution >= 4 is 33.5 Å². The zero-order chi connectivity index (χ0) is 17.2. The van der Waals surface area contributed by atoms with Gasteiger partial charge in [-0.1, -0.05) is 11.3 Å². The molecule has 0 amide bonds. The van der Waals surface area contributed by atoms with E-state index in [1.54, 1.807) is 32.0 Å². The molecule has 0 spiro atoms. The average Bonchev–Trinajstić information content (AvgIpc) is 2.88. The topological polar surface area (TPSA) is 80.9 Å². The van der Waals surface area contributed by atoms with Gasteiger partial charge in [0.25, 0.3) is 0 Å². The van der Waals surface area contributed by atoms with Crippen molar-refractivity contribution in [3.8, 4) is 0 Å². The van der Waals surface area contributed by atoms with E-state index in [0.717, 1.165) is 15.0 Å². The zero-order valence-corrected chi connectivity index (χ0v) is 14.4. The van der Waals surface area contributed by atoms with Crippen molar-refractivity contribution in [3.05, 3.63) is 28.6 Å². The monoisotopic (exact) mass is 336 g/mol. The molecular formula is C16H20N2O4S. The predicted octanol–water partition coefficient (Wildman–Crippen LogP) is 2.52. The number of carbonyl (C=O) groups is 2. The molecule has 0 bridgehead atoms. The fourth-order valence-corrected chi connectivity index (χ4v) is 3.37. The van der Waals surface area contributed by atoms with Crippen molar-refractivity contribution in [1.29, 1.82) is 0 Å². The molecule has 0 saturated carbocycles. The zero-order valence-electron chi connectivity index (χ0n) is 13.6. The van der Waals surface area contributed by atoms with E-state index in [1.165, 1.54) is 18.4 Å². The summed E-state index contributed by atoms with van der Waals surface area (Å²) in [5.74, 6) is -1.26. The Hall–Kier alpha value is -2.15. The van der Waals surface area contributed by atoms with Gasteiger partial charge in [0, 0.05) is 6.54 Å². The maximum absolute atomic E-state index is 11.8. The van der Waals surface area contributed by atoms with Crippen LogP contribution in [0.3, 0.4) is 0 Å². The van der Waals surface area contributed by atoms with Gasteiger partial charge in [-0.25, -0.2) is 4.79 Å². The number of rotatable bonds is 5. The van der Waals surface area contributed by atoms with E-state index in [9.17, 15) is 9.59 Å². The number of fused-ring (bicyclic) bond motifs is 1. The summed E-state index contributed by atoms with van der Waals surface area (Å²) in [4.78, 5) is 28.2. The van der Waals surface area contributed by atoms with Gasteiger partial charge in [-0.05, 0) is 39.0 Å². The number of aromatic carboxylic acids is 1. The summed E-state index contributed by atoms with van der Waals surface area (Å²) in [5.41, 5.74) is 0.489. The lowest BCUT2D eigenvalue weighted by Crippen LogP contribution is -2.30. The van der Waals surface area contributed by atoms with Gasteiger partial charge >= 0.3 is 11.9 Å². The summed E-state index contributed by atoms with van der Waals surface area (Å²) in [5, 5.41) is 9.10. The largest absolute Gasteiger partial charge is 0.478 e. The Morgan fingerprint density at radius 2 is 2.09 bits per heavy atom. The molecule has 0 fully saturated rings. The number of carbonyl (C=O) groups excluding carboxylic acids is 1. The van der Waals surface area contributed by atoms with Gasteiger partial charge in [0.15, 0.2) is 4.80 Å². The number of aryl methyl sites for hydroxylation is 1. The number of carboxylic acids is 1. The molecule has 0 unspecified atom stereocenters. The summed E-state index contributed by atoms with van der Waals surface area (Å²) >= 11 is 1.42. The SMILES string of the molecule is CCn1/c(=N/CC(C)(C)C(=O)OC)sc2cc(C(=O)O)ccc21. The molecule has 0 atom stereocenters. The third kappa shape index (κ3) is 3.44. The van der Waals surface area contributed by atoms with Crippen molar-refractivity contribution in [3.63, 3.8) is 0 Å². The summed E-state index contributed by atoms with van der Waals surface area (Å²) < 4.78 is 7.67. The molecule has 1 N–H and O–H groups in total. The predicted molar refractivity (Wildman–Crippen MR) is 88.7 cm³/mol. The Morgan fingerprint density at radius 1 is 1.39 bits per heavy atom. The van der Waals surface area contributed by atoms with Crippen LogP contribution < -0.4 is 4.80 Å². The standard InChI is InChI=1S/C16H20N2O4S/c1-5-18-11-7-6-10(13(19)20)8-12(11)23-15(18)17-9-16(2,3)14(21)22-4/h6-8H,5,9H2,1-4H3,(H,19,20)/b17-15-. The molecule has 0 saturated heterocycles. The van der Waals surface area contributed by atoms with E-state index in [-0.39, 0.29) is 11.5 Å².